The highest BCUT2D eigenvalue weighted by molar-refractivity contribution is 6.04. The quantitative estimate of drug-likeness (QED) is 0.769. The van der Waals surface area contributed by atoms with Crippen LogP contribution in [0.1, 0.15) is 30.1 Å². The van der Waals surface area contributed by atoms with E-state index in [1.54, 1.807) is 24.5 Å². The van der Waals surface area contributed by atoms with Crippen molar-refractivity contribution in [3.05, 3.63) is 42.2 Å². The minimum Gasteiger partial charge on any atom is -0.494 e. The van der Waals surface area contributed by atoms with E-state index in [1.165, 1.54) is 0 Å². The zero-order chi connectivity index (χ0) is 18.2. The first-order valence-corrected chi connectivity index (χ1v) is 8.95. The Morgan fingerprint density at radius 1 is 1.19 bits per heavy atom. The van der Waals surface area contributed by atoms with Crippen LogP contribution in [0.3, 0.4) is 0 Å². The summed E-state index contributed by atoms with van der Waals surface area (Å²) in [5, 5.41) is 2.81. The van der Waals surface area contributed by atoms with Crippen LogP contribution in [0.5, 0.6) is 5.75 Å². The number of morpholine rings is 1. The average Bonchev–Trinajstić information content (AvgIpc) is 2.70. The van der Waals surface area contributed by atoms with Crippen LogP contribution in [-0.4, -0.2) is 48.8 Å². The second kappa shape index (κ2) is 9.15. The van der Waals surface area contributed by atoms with Gasteiger partial charge in [0.05, 0.1) is 37.9 Å². The van der Waals surface area contributed by atoms with Gasteiger partial charge < -0.3 is 19.7 Å². The van der Waals surface area contributed by atoms with E-state index in [0.717, 1.165) is 31.7 Å². The summed E-state index contributed by atoms with van der Waals surface area (Å²) in [6.07, 6.45) is 5.35. The Labute approximate surface area is 153 Å². The van der Waals surface area contributed by atoms with Crippen molar-refractivity contribution in [1.82, 2.24) is 9.97 Å². The summed E-state index contributed by atoms with van der Waals surface area (Å²) >= 11 is 0. The topological polar surface area (TPSA) is 76.6 Å². The maximum Gasteiger partial charge on any atom is 0.255 e. The molecule has 0 aliphatic carbocycles. The number of carbonyl (C=O) groups excluding carboxylic acids is 1. The Hall–Kier alpha value is -2.67. The zero-order valence-corrected chi connectivity index (χ0v) is 15.0. The Bertz CT molecular complexity index is 698. The van der Waals surface area contributed by atoms with E-state index in [1.807, 2.05) is 12.1 Å². The molecule has 2 aromatic rings. The predicted molar refractivity (Wildman–Crippen MR) is 99.9 cm³/mol. The van der Waals surface area contributed by atoms with Crippen molar-refractivity contribution in [2.75, 3.05) is 43.1 Å². The van der Waals surface area contributed by atoms with Gasteiger partial charge in [0.15, 0.2) is 0 Å². The van der Waals surface area contributed by atoms with Gasteiger partial charge in [0.1, 0.15) is 5.75 Å². The van der Waals surface area contributed by atoms with Crippen molar-refractivity contribution < 1.29 is 14.3 Å². The third kappa shape index (κ3) is 4.92. The molecule has 0 saturated carbocycles. The van der Waals surface area contributed by atoms with E-state index in [2.05, 4.69) is 27.1 Å². The number of hydrogen-bond donors (Lipinski definition) is 1. The van der Waals surface area contributed by atoms with Crippen molar-refractivity contribution in [2.45, 2.75) is 19.8 Å². The van der Waals surface area contributed by atoms with Crippen LogP contribution in [0.25, 0.3) is 0 Å². The molecule has 7 heteroatoms. The maximum absolute atomic E-state index is 12.3. The van der Waals surface area contributed by atoms with E-state index < -0.39 is 0 Å². The fourth-order valence-corrected chi connectivity index (χ4v) is 2.55. The van der Waals surface area contributed by atoms with E-state index in [-0.39, 0.29) is 5.91 Å². The molecule has 0 unspecified atom stereocenters. The molecule has 1 aliphatic heterocycles. The zero-order valence-electron chi connectivity index (χ0n) is 15.0. The summed E-state index contributed by atoms with van der Waals surface area (Å²) in [7, 11) is 0. The van der Waals surface area contributed by atoms with Crippen LogP contribution < -0.4 is 15.0 Å². The number of amides is 1. The van der Waals surface area contributed by atoms with Crippen molar-refractivity contribution in [2.24, 2.45) is 0 Å². The van der Waals surface area contributed by atoms with Gasteiger partial charge in [0.25, 0.3) is 5.91 Å². The predicted octanol–water partition coefficient (Wildman–Crippen LogP) is 2.74. The Balaban J connectivity index is 1.55. The summed E-state index contributed by atoms with van der Waals surface area (Å²) in [5.41, 5.74) is 1.13. The number of aromatic nitrogens is 2. The normalized spacial score (nSPS) is 14.1. The molecular weight excluding hydrogens is 332 g/mol. The highest BCUT2D eigenvalue weighted by atomic mass is 16.5. The number of rotatable bonds is 7. The third-order valence-electron chi connectivity index (χ3n) is 4.07. The summed E-state index contributed by atoms with van der Waals surface area (Å²) in [6.45, 7) is 5.72. The number of carbonyl (C=O) groups is 1. The van der Waals surface area contributed by atoms with Gasteiger partial charge in [-0.05, 0) is 30.7 Å². The van der Waals surface area contributed by atoms with Gasteiger partial charge in [-0.3, -0.25) is 4.79 Å². The van der Waals surface area contributed by atoms with Crippen molar-refractivity contribution in [1.29, 1.82) is 0 Å². The minimum absolute atomic E-state index is 0.201. The second-order valence-electron chi connectivity index (χ2n) is 6.05. The monoisotopic (exact) mass is 356 g/mol. The molecule has 0 bridgehead atoms. The summed E-state index contributed by atoms with van der Waals surface area (Å²) in [4.78, 5) is 23.1. The molecule has 1 amide bonds. The number of benzene rings is 1. The average molecular weight is 356 g/mol. The Kier molecular flexibility index (Phi) is 6.38. The van der Waals surface area contributed by atoms with Crippen molar-refractivity contribution >= 4 is 17.5 Å². The van der Waals surface area contributed by atoms with Crippen LogP contribution in [0.2, 0.25) is 0 Å². The lowest BCUT2D eigenvalue weighted by atomic mass is 10.2. The number of unbranched alkanes of at least 4 members (excludes halogenated alkanes) is 1. The molecule has 26 heavy (non-hydrogen) atoms. The van der Waals surface area contributed by atoms with Gasteiger partial charge in [-0.15, -0.1) is 0 Å². The molecule has 1 aromatic heterocycles. The van der Waals surface area contributed by atoms with Crippen molar-refractivity contribution in [3.63, 3.8) is 0 Å². The van der Waals surface area contributed by atoms with Crippen LogP contribution in [0.4, 0.5) is 11.6 Å². The van der Waals surface area contributed by atoms with Gasteiger partial charge in [-0.25, -0.2) is 9.97 Å². The van der Waals surface area contributed by atoms with Crippen LogP contribution in [-0.2, 0) is 4.74 Å². The molecule has 1 aromatic carbocycles. The molecule has 3 rings (SSSR count). The summed E-state index contributed by atoms with van der Waals surface area (Å²) in [5.74, 6) is 1.22. The maximum atomic E-state index is 12.3. The van der Waals surface area contributed by atoms with E-state index in [4.69, 9.17) is 9.47 Å². The standard InChI is InChI=1S/C19H24N4O3/c1-2-3-10-26-17-6-4-15(5-7-17)18(24)22-16-13-20-19(21-14-16)23-8-11-25-12-9-23/h4-7,13-14H,2-3,8-12H2,1H3,(H,22,24). The third-order valence-corrected chi connectivity index (χ3v) is 4.07. The van der Waals surface area contributed by atoms with Crippen LogP contribution in [0, 0.1) is 0 Å². The van der Waals surface area contributed by atoms with Crippen molar-refractivity contribution in [3.8, 4) is 5.75 Å². The largest absolute Gasteiger partial charge is 0.494 e. The number of nitrogens with zero attached hydrogens (tertiary/aromatic N) is 3. The van der Waals surface area contributed by atoms with Gasteiger partial charge >= 0.3 is 0 Å². The molecule has 0 radical (unpaired) electrons. The smallest absolute Gasteiger partial charge is 0.255 e. The fraction of sp³-hybridized carbons (Fsp3) is 0.421. The molecule has 0 atom stereocenters. The highest BCUT2D eigenvalue weighted by Gasteiger charge is 2.14. The molecule has 138 valence electrons. The number of nitrogens with one attached hydrogen (secondary N) is 1. The molecule has 1 saturated heterocycles. The molecule has 1 N–H and O–H groups in total. The van der Waals surface area contributed by atoms with E-state index in [9.17, 15) is 4.79 Å². The molecule has 0 spiro atoms. The first-order valence-electron chi connectivity index (χ1n) is 8.95. The Morgan fingerprint density at radius 2 is 1.88 bits per heavy atom. The number of hydrogen-bond acceptors (Lipinski definition) is 6. The molecule has 7 nitrogen and oxygen atoms in total. The Morgan fingerprint density at radius 3 is 2.54 bits per heavy atom. The van der Waals surface area contributed by atoms with Crippen LogP contribution >= 0.6 is 0 Å². The van der Waals surface area contributed by atoms with E-state index in [0.29, 0.717) is 37.0 Å². The lowest BCUT2D eigenvalue weighted by Gasteiger charge is -2.26. The number of ether oxygens (including phenoxy) is 2. The SMILES string of the molecule is CCCCOc1ccc(C(=O)Nc2cnc(N3CCOCC3)nc2)cc1. The number of anilines is 2. The molecule has 2 heterocycles. The first-order chi connectivity index (χ1) is 12.8. The fourth-order valence-electron chi connectivity index (χ4n) is 2.55. The van der Waals surface area contributed by atoms with E-state index >= 15 is 0 Å². The lowest BCUT2D eigenvalue weighted by Crippen LogP contribution is -2.37. The van der Waals surface area contributed by atoms with Gasteiger partial charge in [0.2, 0.25) is 5.95 Å². The van der Waals surface area contributed by atoms with Gasteiger partial charge in [0, 0.05) is 18.7 Å². The van der Waals surface area contributed by atoms with Gasteiger partial charge in [-0.1, -0.05) is 13.3 Å². The van der Waals surface area contributed by atoms with Crippen LogP contribution in [0.15, 0.2) is 36.7 Å². The highest BCUT2D eigenvalue weighted by Crippen LogP contribution is 2.15. The molecular formula is C19H24N4O3. The second-order valence-corrected chi connectivity index (χ2v) is 6.05. The minimum atomic E-state index is -0.201. The first kappa shape index (κ1) is 18.1. The summed E-state index contributed by atoms with van der Waals surface area (Å²) in [6, 6.07) is 7.12. The summed E-state index contributed by atoms with van der Waals surface area (Å²) < 4.78 is 10.9. The van der Waals surface area contributed by atoms with Gasteiger partial charge in [-0.2, -0.15) is 0 Å². The lowest BCUT2D eigenvalue weighted by molar-refractivity contribution is 0.102. The molecule has 1 aliphatic rings. The molecule has 1 fully saturated rings.